The van der Waals surface area contributed by atoms with Crippen LogP contribution in [0.25, 0.3) is 0 Å². The lowest BCUT2D eigenvalue weighted by Crippen LogP contribution is -2.38. The van der Waals surface area contributed by atoms with Crippen LogP contribution >= 0.6 is 0 Å². The van der Waals surface area contributed by atoms with Crippen molar-refractivity contribution in [3.8, 4) is 5.75 Å². The number of amides is 2. The fourth-order valence-electron chi connectivity index (χ4n) is 2.90. The van der Waals surface area contributed by atoms with Gasteiger partial charge in [0.05, 0.1) is 13.7 Å². The highest BCUT2D eigenvalue weighted by Gasteiger charge is 2.19. The molecule has 0 saturated carbocycles. The molecule has 1 aromatic carbocycles. The van der Waals surface area contributed by atoms with E-state index in [2.05, 4.69) is 10.6 Å². The van der Waals surface area contributed by atoms with Crippen molar-refractivity contribution in [2.75, 3.05) is 38.6 Å². The molecule has 0 radical (unpaired) electrons. The molecule has 1 atom stereocenters. The molecule has 0 aromatic heterocycles. The van der Waals surface area contributed by atoms with Crippen LogP contribution in [0.15, 0.2) is 24.3 Å². The van der Waals surface area contributed by atoms with Crippen molar-refractivity contribution in [2.24, 2.45) is 5.92 Å². The Morgan fingerprint density at radius 1 is 1.42 bits per heavy atom. The van der Waals surface area contributed by atoms with E-state index in [4.69, 9.17) is 4.74 Å². The van der Waals surface area contributed by atoms with Crippen LogP contribution in [0.2, 0.25) is 0 Å². The van der Waals surface area contributed by atoms with Gasteiger partial charge >= 0.3 is 0 Å². The van der Waals surface area contributed by atoms with E-state index < -0.39 is 0 Å². The van der Waals surface area contributed by atoms with Crippen molar-refractivity contribution in [1.82, 2.24) is 10.2 Å². The van der Waals surface area contributed by atoms with Gasteiger partial charge in [0.25, 0.3) is 0 Å². The molecular weight excluding hydrogens is 306 g/mol. The van der Waals surface area contributed by atoms with Crippen LogP contribution in [0.3, 0.4) is 0 Å². The van der Waals surface area contributed by atoms with E-state index in [9.17, 15) is 9.59 Å². The normalized spacial score (nSPS) is 16.7. The average Bonchev–Trinajstić information content (AvgIpc) is 3.11. The molecule has 24 heavy (non-hydrogen) atoms. The average molecular weight is 333 g/mol. The molecule has 1 saturated heterocycles. The molecule has 1 unspecified atom stereocenters. The van der Waals surface area contributed by atoms with Gasteiger partial charge < -0.3 is 20.3 Å². The molecule has 1 heterocycles. The van der Waals surface area contributed by atoms with Crippen molar-refractivity contribution < 1.29 is 14.3 Å². The van der Waals surface area contributed by atoms with Gasteiger partial charge in [-0.1, -0.05) is 6.07 Å². The second-order valence-corrected chi connectivity index (χ2v) is 6.09. The number of ether oxygens (including phenoxy) is 1. The van der Waals surface area contributed by atoms with Crippen LogP contribution in [0.1, 0.15) is 26.2 Å². The van der Waals surface area contributed by atoms with Gasteiger partial charge in [-0.15, -0.1) is 0 Å². The zero-order valence-corrected chi connectivity index (χ0v) is 14.5. The number of hydrogen-bond acceptors (Lipinski definition) is 4. The number of benzene rings is 1. The third-order valence-corrected chi connectivity index (χ3v) is 4.35. The summed E-state index contributed by atoms with van der Waals surface area (Å²) >= 11 is 0. The van der Waals surface area contributed by atoms with E-state index >= 15 is 0 Å². The molecule has 2 rings (SSSR count). The molecule has 0 aliphatic carbocycles. The zero-order valence-electron chi connectivity index (χ0n) is 14.5. The standard InChI is InChI=1S/C18H27N3O3/c1-3-21(18(23)8-7-14-9-10-19-12-14)13-17(22)20-15-5-4-6-16(11-15)24-2/h4-6,11,14,19H,3,7-10,12-13H2,1-2H3,(H,20,22). The van der Waals surface area contributed by atoms with Crippen molar-refractivity contribution in [3.05, 3.63) is 24.3 Å². The first kappa shape index (κ1) is 18.3. The van der Waals surface area contributed by atoms with Crippen molar-refractivity contribution >= 4 is 17.5 Å². The van der Waals surface area contributed by atoms with Crippen molar-refractivity contribution in [1.29, 1.82) is 0 Å². The first-order valence-electron chi connectivity index (χ1n) is 8.54. The smallest absolute Gasteiger partial charge is 0.243 e. The van der Waals surface area contributed by atoms with E-state index in [-0.39, 0.29) is 18.4 Å². The van der Waals surface area contributed by atoms with E-state index in [0.717, 1.165) is 25.9 Å². The summed E-state index contributed by atoms with van der Waals surface area (Å²) in [7, 11) is 1.58. The van der Waals surface area contributed by atoms with Crippen molar-refractivity contribution in [2.45, 2.75) is 26.2 Å². The summed E-state index contributed by atoms with van der Waals surface area (Å²) in [6.45, 7) is 4.55. The largest absolute Gasteiger partial charge is 0.497 e. The second-order valence-electron chi connectivity index (χ2n) is 6.09. The monoisotopic (exact) mass is 333 g/mol. The van der Waals surface area contributed by atoms with Crippen LogP contribution in [-0.4, -0.2) is 50.0 Å². The predicted octanol–water partition coefficient (Wildman–Crippen LogP) is 1.87. The molecule has 1 aromatic rings. The third-order valence-electron chi connectivity index (χ3n) is 4.35. The summed E-state index contributed by atoms with van der Waals surface area (Å²) in [5, 5.41) is 6.12. The summed E-state index contributed by atoms with van der Waals surface area (Å²) in [6, 6.07) is 7.18. The number of anilines is 1. The fourth-order valence-corrected chi connectivity index (χ4v) is 2.90. The van der Waals surface area contributed by atoms with Crippen LogP contribution in [0, 0.1) is 5.92 Å². The molecule has 1 aliphatic heterocycles. The number of hydrogen-bond donors (Lipinski definition) is 2. The maximum Gasteiger partial charge on any atom is 0.243 e. The minimum atomic E-state index is -0.194. The lowest BCUT2D eigenvalue weighted by atomic mass is 10.0. The van der Waals surface area contributed by atoms with Crippen LogP contribution in [0.4, 0.5) is 5.69 Å². The lowest BCUT2D eigenvalue weighted by Gasteiger charge is -2.21. The maximum atomic E-state index is 12.3. The zero-order chi connectivity index (χ0) is 17.4. The van der Waals surface area contributed by atoms with E-state index in [1.165, 1.54) is 0 Å². The minimum absolute atomic E-state index is 0.0465. The van der Waals surface area contributed by atoms with Crippen molar-refractivity contribution in [3.63, 3.8) is 0 Å². The van der Waals surface area contributed by atoms with Gasteiger partial charge in [-0.3, -0.25) is 9.59 Å². The highest BCUT2D eigenvalue weighted by molar-refractivity contribution is 5.94. The molecule has 1 aliphatic rings. The number of methoxy groups -OCH3 is 1. The Bertz CT molecular complexity index is 556. The first-order valence-corrected chi connectivity index (χ1v) is 8.54. The summed E-state index contributed by atoms with van der Waals surface area (Å²) in [4.78, 5) is 26.1. The number of carbonyl (C=O) groups is 2. The Kier molecular flexibility index (Phi) is 7.06. The molecule has 6 heteroatoms. The summed E-state index contributed by atoms with van der Waals surface area (Å²) < 4.78 is 5.14. The Balaban J connectivity index is 1.81. The Morgan fingerprint density at radius 3 is 2.92 bits per heavy atom. The van der Waals surface area contributed by atoms with Gasteiger partial charge in [0, 0.05) is 24.7 Å². The Labute approximate surface area is 143 Å². The maximum absolute atomic E-state index is 12.3. The summed E-state index contributed by atoms with van der Waals surface area (Å²) in [5.74, 6) is 1.12. The summed E-state index contributed by atoms with van der Waals surface area (Å²) in [6.07, 6.45) is 2.53. The third kappa shape index (κ3) is 5.53. The Hall–Kier alpha value is -2.08. The predicted molar refractivity (Wildman–Crippen MR) is 94.1 cm³/mol. The number of carbonyl (C=O) groups excluding carboxylic acids is 2. The van der Waals surface area contributed by atoms with Gasteiger partial charge in [-0.05, 0) is 50.9 Å². The van der Waals surface area contributed by atoms with Crippen LogP contribution < -0.4 is 15.4 Å². The van der Waals surface area contributed by atoms with Gasteiger partial charge in [0.1, 0.15) is 5.75 Å². The molecule has 2 N–H and O–H groups in total. The number of likely N-dealkylation sites (N-methyl/N-ethyl adjacent to an activating group) is 1. The summed E-state index contributed by atoms with van der Waals surface area (Å²) in [5.41, 5.74) is 0.667. The molecule has 6 nitrogen and oxygen atoms in total. The molecule has 1 fully saturated rings. The topological polar surface area (TPSA) is 70.7 Å². The highest BCUT2D eigenvalue weighted by Crippen LogP contribution is 2.17. The van der Waals surface area contributed by atoms with Crippen LogP contribution in [0.5, 0.6) is 5.75 Å². The highest BCUT2D eigenvalue weighted by atomic mass is 16.5. The first-order chi connectivity index (χ1) is 11.6. The van der Waals surface area contributed by atoms with Gasteiger partial charge in [-0.2, -0.15) is 0 Å². The minimum Gasteiger partial charge on any atom is -0.497 e. The SMILES string of the molecule is CCN(CC(=O)Nc1cccc(OC)c1)C(=O)CCC1CCNC1. The fraction of sp³-hybridized carbons (Fsp3) is 0.556. The number of nitrogens with zero attached hydrogens (tertiary/aromatic N) is 1. The number of nitrogens with one attached hydrogen (secondary N) is 2. The number of rotatable bonds is 8. The molecule has 2 amide bonds. The lowest BCUT2D eigenvalue weighted by molar-refractivity contribution is -0.134. The van der Waals surface area contributed by atoms with Crippen LogP contribution in [-0.2, 0) is 9.59 Å². The molecule has 0 spiro atoms. The Morgan fingerprint density at radius 2 is 2.25 bits per heavy atom. The van der Waals surface area contributed by atoms with Gasteiger partial charge in [0.2, 0.25) is 11.8 Å². The van der Waals surface area contributed by atoms with Gasteiger partial charge in [0.15, 0.2) is 0 Å². The quantitative estimate of drug-likeness (QED) is 0.762. The molecule has 0 bridgehead atoms. The molecule has 132 valence electrons. The van der Waals surface area contributed by atoms with E-state index in [0.29, 0.717) is 30.3 Å². The molecular formula is C18H27N3O3. The van der Waals surface area contributed by atoms with E-state index in [1.807, 2.05) is 19.1 Å². The second kappa shape index (κ2) is 9.27. The van der Waals surface area contributed by atoms with E-state index in [1.54, 1.807) is 24.1 Å². The van der Waals surface area contributed by atoms with Gasteiger partial charge in [-0.25, -0.2) is 0 Å².